The maximum absolute atomic E-state index is 5.72. The van der Waals surface area contributed by atoms with Crippen molar-refractivity contribution in [1.82, 2.24) is 0 Å². The van der Waals surface area contributed by atoms with Gasteiger partial charge < -0.3 is 4.74 Å². The van der Waals surface area contributed by atoms with Crippen LogP contribution in [0.5, 0.6) is 0 Å². The fraction of sp³-hybridized carbons (Fsp3) is 1.00. The number of hydrogen-bond donors (Lipinski definition) is 0. The zero-order chi connectivity index (χ0) is 12.1. The molecule has 1 heteroatoms. The Balaban J connectivity index is 1.90. The highest BCUT2D eigenvalue weighted by Gasteiger charge is 2.54. The monoisotopic (exact) mass is 236 g/mol. The van der Waals surface area contributed by atoms with E-state index in [-0.39, 0.29) is 0 Å². The standard InChI is InChI=1S/C16H28O/c1-15(2)8-4-9-16(3)13-7-10-17-11-12(13)5-6-14(15)16/h12-14H,4-11H2,1-3H3. The van der Waals surface area contributed by atoms with Crippen molar-refractivity contribution >= 4 is 0 Å². The van der Waals surface area contributed by atoms with E-state index in [9.17, 15) is 0 Å². The van der Waals surface area contributed by atoms with Gasteiger partial charge in [0.15, 0.2) is 0 Å². The molecule has 3 rings (SSSR count). The Labute approximate surface area is 106 Å². The maximum Gasteiger partial charge on any atom is 0.0497 e. The molecule has 4 atom stereocenters. The Morgan fingerprint density at radius 3 is 2.65 bits per heavy atom. The fourth-order valence-corrected chi connectivity index (χ4v) is 5.66. The molecule has 4 unspecified atom stereocenters. The summed E-state index contributed by atoms with van der Waals surface area (Å²) >= 11 is 0. The topological polar surface area (TPSA) is 9.23 Å². The summed E-state index contributed by atoms with van der Waals surface area (Å²) in [6.45, 7) is 9.72. The third-order valence-corrected chi connectivity index (χ3v) is 6.42. The third kappa shape index (κ3) is 1.77. The van der Waals surface area contributed by atoms with Gasteiger partial charge in [0, 0.05) is 13.2 Å². The molecule has 3 aliphatic rings. The largest absolute Gasteiger partial charge is 0.381 e. The van der Waals surface area contributed by atoms with Gasteiger partial charge in [0.2, 0.25) is 0 Å². The van der Waals surface area contributed by atoms with E-state index in [1.165, 1.54) is 38.5 Å². The van der Waals surface area contributed by atoms with Crippen molar-refractivity contribution in [1.29, 1.82) is 0 Å². The van der Waals surface area contributed by atoms with E-state index in [1.54, 1.807) is 0 Å². The first kappa shape index (κ1) is 12.0. The van der Waals surface area contributed by atoms with Gasteiger partial charge in [-0.15, -0.1) is 0 Å². The Morgan fingerprint density at radius 2 is 1.82 bits per heavy atom. The lowest BCUT2D eigenvalue weighted by Crippen LogP contribution is -2.53. The van der Waals surface area contributed by atoms with Crippen LogP contribution in [0.2, 0.25) is 0 Å². The van der Waals surface area contributed by atoms with Crippen molar-refractivity contribution in [3.63, 3.8) is 0 Å². The van der Waals surface area contributed by atoms with E-state index in [0.29, 0.717) is 10.8 Å². The molecule has 0 aromatic carbocycles. The lowest BCUT2D eigenvalue weighted by atomic mass is 9.46. The van der Waals surface area contributed by atoms with Crippen LogP contribution in [0.3, 0.4) is 0 Å². The van der Waals surface area contributed by atoms with Crippen LogP contribution in [0, 0.1) is 28.6 Å². The van der Waals surface area contributed by atoms with E-state index in [1.807, 2.05) is 0 Å². The van der Waals surface area contributed by atoms with Gasteiger partial charge in [-0.2, -0.15) is 0 Å². The summed E-state index contributed by atoms with van der Waals surface area (Å²) in [6, 6.07) is 0. The summed E-state index contributed by atoms with van der Waals surface area (Å²) in [4.78, 5) is 0. The molecule has 1 nitrogen and oxygen atoms in total. The Hall–Kier alpha value is -0.0400. The zero-order valence-electron chi connectivity index (χ0n) is 11.8. The summed E-state index contributed by atoms with van der Waals surface area (Å²) in [5.41, 5.74) is 1.20. The van der Waals surface area contributed by atoms with Crippen molar-refractivity contribution in [2.45, 2.75) is 59.3 Å². The average Bonchev–Trinajstić information content (AvgIpc) is 2.28. The Kier molecular flexibility index (Phi) is 2.81. The van der Waals surface area contributed by atoms with Gasteiger partial charge in [-0.25, -0.2) is 0 Å². The second-order valence-electron chi connectivity index (χ2n) is 7.71. The van der Waals surface area contributed by atoms with Gasteiger partial charge in [-0.05, 0) is 60.7 Å². The average molecular weight is 236 g/mol. The number of fused-ring (bicyclic) bond motifs is 3. The lowest BCUT2D eigenvalue weighted by Gasteiger charge is -2.60. The third-order valence-electron chi connectivity index (χ3n) is 6.42. The van der Waals surface area contributed by atoms with Crippen LogP contribution in [-0.4, -0.2) is 13.2 Å². The molecule has 17 heavy (non-hydrogen) atoms. The van der Waals surface area contributed by atoms with Crippen molar-refractivity contribution in [3.8, 4) is 0 Å². The van der Waals surface area contributed by atoms with Crippen LogP contribution >= 0.6 is 0 Å². The first-order chi connectivity index (χ1) is 8.04. The fourth-order valence-electron chi connectivity index (χ4n) is 5.66. The second-order valence-corrected chi connectivity index (χ2v) is 7.71. The van der Waals surface area contributed by atoms with Crippen LogP contribution in [-0.2, 0) is 4.74 Å². The predicted octanol–water partition coefficient (Wildman–Crippen LogP) is 4.27. The van der Waals surface area contributed by atoms with Gasteiger partial charge in [0.25, 0.3) is 0 Å². The van der Waals surface area contributed by atoms with E-state index < -0.39 is 0 Å². The van der Waals surface area contributed by atoms with Crippen molar-refractivity contribution in [3.05, 3.63) is 0 Å². The summed E-state index contributed by atoms with van der Waals surface area (Å²) in [5.74, 6) is 2.79. The molecule has 0 bridgehead atoms. The van der Waals surface area contributed by atoms with Gasteiger partial charge >= 0.3 is 0 Å². The minimum atomic E-state index is 0.580. The SMILES string of the molecule is CC1(C)CCCC2(C)C3CCOCC3CCC12. The zero-order valence-corrected chi connectivity index (χ0v) is 11.8. The molecule has 1 aliphatic heterocycles. The van der Waals surface area contributed by atoms with Gasteiger partial charge in [0.1, 0.15) is 0 Å². The van der Waals surface area contributed by atoms with E-state index in [4.69, 9.17) is 4.74 Å². The first-order valence-electron chi connectivity index (χ1n) is 7.62. The van der Waals surface area contributed by atoms with Crippen LogP contribution in [0.4, 0.5) is 0 Å². The Morgan fingerprint density at radius 1 is 1.00 bits per heavy atom. The second kappa shape index (κ2) is 3.98. The van der Waals surface area contributed by atoms with Crippen molar-refractivity contribution in [2.24, 2.45) is 28.6 Å². The normalized spacial score (nSPS) is 49.2. The minimum absolute atomic E-state index is 0.580. The minimum Gasteiger partial charge on any atom is -0.381 e. The molecular weight excluding hydrogens is 208 g/mol. The Bertz CT molecular complexity index is 296. The van der Waals surface area contributed by atoms with Crippen molar-refractivity contribution < 1.29 is 4.74 Å². The van der Waals surface area contributed by atoms with Gasteiger partial charge in [0.05, 0.1) is 0 Å². The smallest absolute Gasteiger partial charge is 0.0497 e. The van der Waals surface area contributed by atoms with Crippen molar-refractivity contribution in [2.75, 3.05) is 13.2 Å². The highest BCUT2D eigenvalue weighted by atomic mass is 16.5. The number of hydrogen-bond acceptors (Lipinski definition) is 1. The molecule has 0 N–H and O–H groups in total. The van der Waals surface area contributed by atoms with Gasteiger partial charge in [-0.3, -0.25) is 0 Å². The molecule has 0 amide bonds. The summed E-state index contributed by atoms with van der Waals surface area (Å²) in [7, 11) is 0. The van der Waals surface area contributed by atoms with Gasteiger partial charge in [-0.1, -0.05) is 27.2 Å². The number of rotatable bonds is 0. The van der Waals surface area contributed by atoms with Crippen LogP contribution in [0.25, 0.3) is 0 Å². The highest BCUT2D eigenvalue weighted by Crippen LogP contribution is 2.62. The van der Waals surface area contributed by atoms with E-state index in [2.05, 4.69) is 20.8 Å². The summed E-state index contributed by atoms with van der Waals surface area (Å²) in [6.07, 6.45) is 8.57. The van der Waals surface area contributed by atoms with E-state index in [0.717, 1.165) is 31.0 Å². The molecule has 3 fully saturated rings. The van der Waals surface area contributed by atoms with Crippen LogP contribution in [0.1, 0.15) is 59.3 Å². The van der Waals surface area contributed by atoms with Crippen LogP contribution < -0.4 is 0 Å². The quantitative estimate of drug-likeness (QED) is 0.610. The molecular formula is C16H28O. The lowest BCUT2D eigenvalue weighted by molar-refractivity contribution is -0.139. The van der Waals surface area contributed by atoms with E-state index >= 15 is 0 Å². The first-order valence-corrected chi connectivity index (χ1v) is 7.62. The van der Waals surface area contributed by atoms with Crippen LogP contribution in [0.15, 0.2) is 0 Å². The molecule has 0 aromatic rings. The summed E-state index contributed by atoms with van der Waals surface area (Å²) in [5, 5.41) is 0. The molecule has 0 aromatic heterocycles. The molecule has 1 saturated heterocycles. The maximum atomic E-state index is 5.72. The molecule has 1 heterocycles. The molecule has 0 radical (unpaired) electrons. The predicted molar refractivity (Wildman–Crippen MR) is 70.9 cm³/mol. The molecule has 2 aliphatic carbocycles. The molecule has 2 saturated carbocycles. The molecule has 98 valence electrons. The highest BCUT2D eigenvalue weighted by molar-refractivity contribution is 5.03. The molecule has 0 spiro atoms. The summed E-state index contributed by atoms with van der Waals surface area (Å²) < 4.78 is 5.72. The number of ether oxygens (including phenoxy) is 1.